The third-order valence-corrected chi connectivity index (χ3v) is 2.45. The highest BCUT2D eigenvalue weighted by Crippen LogP contribution is 2.13. The molecule has 0 amide bonds. The van der Waals surface area contributed by atoms with Gasteiger partial charge in [-0.15, -0.1) is 0 Å². The quantitative estimate of drug-likeness (QED) is 0.670. The number of nitrogens with two attached hydrogens (primary N) is 1. The summed E-state index contributed by atoms with van der Waals surface area (Å²) >= 11 is 0. The van der Waals surface area contributed by atoms with Crippen LogP contribution in [0.5, 0.6) is 0 Å². The molecule has 1 aromatic carbocycles. The zero-order chi connectivity index (χ0) is 11.5. The van der Waals surface area contributed by atoms with E-state index in [0.717, 1.165) is 5.56 Å². The molecule has 2 atom stereocenters. The summed E-state index contributed by atoms with van der Waals surface area (Å²) in [6.07, 6.45) is 0.333. The van der Waals surface area contributed by atoms with Gasteiger partial charge in [0.15, 0.2) is 5.60 Å². The van der Waals surface area contributed by atoms with Crippen LogP contribution in [0.3, 0.4) is 0 Å². The fourth-order valence-electron chi connectivity index (χ4n) is 1.23. The maximum atomic E-state index is 10.7. The van der Waals surface area contributed by atoms with Crippen LogP contribution >= 0.6 is 0 Å². The molecule has 15 heavy (non-hydrogen) atoms. The van der Waals surface area contributed by atoms with Crippen molar-refractivity contribution in [3.05, 3.63) is 35.9 Å². The summed E-state index contributed by atoms with van der Waals surface area (Å²) in [5.74, 6) is -1.30. The highest BCUT2D eigenvalue weighted by molar-refractivity contribution is 5.77. The minimum atomic E-state index is -1.89. The fraction of sp³-hybridized carbons (Fsp3) is 0.364. The molecular formula is C11H15NO3. The van der Waals surface area contributed by atoms with Gasteiger partial charge in [-0.05, 0) is 18.9 Å². The second kappa shape index (κ2) is 4.42. The van der Waals surface area contributed by atoms with Crippen molar-refractivity contribution in [2.24, 2.45) is 5.73 Å². The first-order chi connectivity index (χ1) is 6.94. The predicted molar refractivity (Wildman–Crippen MR) is 56.4 cm³/mol. The average Bonchev–Trinajstić information content (AvgIpc) is 2.18. The number of hydrogen-bond acceptors (Lipinski definition) is 3. The van der Waals surface area contributed by atoms with Crippen LogP contribution in [0.1, 0.15) is 12.5 Å². The van der Waals surface area contributed by atoms with Crippen molar-refractivity contribution in [2.75, 3.05) is 0 Å². The summed E-state index contributed by atoms with van der Waals surface area (Å²) < 4.78 is 0. The molecule has 4 heteroatoms. The number of carboxylic acids is 1. The number of rotatable bonds is 4. The van der Waals surface area contributed by atoms with Crippen molar-refractivity contribution in [2.45, 2.75) is 25.0 Å². The van der Waals surface area contributed by atoms with E-state index in [0.29, 0.717) is 6.42 Å². The van der Waals surface area contributed by atoms with Crippen molar-refractivity contribution >= 4 is 5.97 Å². The van der Waals surface area contributed by atoms with Crippen LogP contribution in [0.4, 0.5) is 0 Å². The minimum Gasteiger partial charge on any atom is -0.479 e. The molecule has 0 fully saturated rings. The molecule has 0 aliphatic carbocycles. The van der Waals surface area contributed by atoms with Crippen LogP contribution < -0.4 is 5.73 Å². The lowest BCUT2D eigenvalue weighted by molar-refractivity contribution is -0.158. The molecule has 0 radical (unpaired) electrons. The van der Waals surface area contributed by atoms with E-state index < -0.39 is 17.6 Å². The summed E-state index contributed by atoms with van der Waals surface area (Å²) in [6, 6.07) is 8.42. The standard InChI is InChI=1S/C11H15NO3/c1-11(15,10(13)14)9(12)7-8-5-3-2-4-6-8/h2-6,9,15H,7,12H2,1H3,(H,13,14). The fourth-order valence-corrected chi connectivity index (χ4v) is 1.23. The first kappa shape index (κ1) is 11.7. The molecule has 0 aromatic heterocycles. The van der Waals surface area contributed by atoms with E-state index in [1.165, 1.54) is 6.92 Å². The van der Waals surface area contributed by atoms with Gasteiger partial charge in [-0.2, -0.15) is 0 Å². The Morgan fingerprint density at radius 3 is 2.47 bits per heavy atom. The first-order valence-corrected chi connectivity index (χ1v) is 4.70. The molecule has 0 saturated carbocycles. The van der Waals surface area contributed by atoms with E-state index in [1.54, 1.807) is 0 Å². The topological polar surface area (TPSA) is 83.5 Å². The van der Waals surface area contributed by atoms with E-state index in [4.69, 9.17) is 10.8 Å². The second-order valence-electron chi connectivity index (χ2n) is 3.75. The van der Waals surface area contributed by atoms with Gasteiger partial charge in [-0.3, -0.25) is 0 Å². The van der Waals surface area contributed by atoms with Gasteiger partial charge in [0, 0.05) is 6.04 Å². The lowest BCUT2D eigenvalue weighted by Gasteiger charge is -2.25. The Morgan fingerprint density at radius 1 is 1.47 bits per heavy atom. The first-order valence-electron chi connectivity index (χ1n) is 4.70. The largest absolute Gasteiger partial charge is 0.479 e. The van der Waals surface area contributed by atoms with Gasteiger partial charge in [-0.1, -0.05) is 30.3 Å². The Bertz CT molecular complexity index is 335. The third-order valence-electron chi connectivity index (χ3n) is 2.45. The van der Waals surface area contributed by atoms with Crippen LogP contribution in [0.25, 0.3) is 0 Å². The molecule has 0 aliphatic rings. The van der Waals surface area contributed by atoms with Crippen molar-refractivity contribution in [1.82, 2.24) is 0 Å². The number of carbonyl (C=O) groups is 1. The molecule has 1 rings (SSSR count). The van der Waals surface area contributed by atoms with Gasteiger partial charge in [0.2, 0.25) is 0 Å². The lowest BCUT2D eigenvalue weighted by Crippen LogP contribution is -2.52. The van der Waals surface area contributed by atoms with Crippen molar-refractivity contribution in [3.8, 4) is 0 Å². The Balaban J connectivity index is 2.72. The van der Waals surface area contributed by atoms with Gasteiger partial charge in [0.05, 0.1) is 0 Å². The monoisotopic (exact) mass is 209 g/mol. The predicted octanol–water partition coefficient (Wildman–Crippen LogP) is 0.392. The average molecular weight is 209 g/mol. The van der Waals surface area contributed by atoms with Crippen molar-refractivity contribution in [1.29, 1.82) is 0 Å². The maximum Gasteiger partial charge on any atom is 0.337 e. The van der Waals surface area contributed by atoms with Gasteiger partial charge in [0.25, 0.3) is 0 Å². The number of carboxylic acid groups (broad SMARTS) is 1. The molecule has 4 N–H and O–H groups in total. The Labute approximate surface area is 88.3 Å². The number of aliphatic hydroxyl groups is 1. The van der Waals surface area contributed by atoms with Crippen LogP contribution in [-0.2, 0) is 11.2 Å². The number of hydrogen-bond donors (Lipinski definition) is 3. The van der Waals surface area contributed by atoms with E-state index in [-0.39, 0.29) is 0 Å². The SMILES string of the molecule is CC(O)(C(=O)O)C(N)Cc1ccccc1. The van der Waals surface area contributed by atoms with E-state index in [2.05, 4.69) is 0 Å². The molecule has 0 aliphatic heterocycles. The van der Waals surface area contributed by atoms with Gasteiger partial charge < -0.3 is 15.9 Å². The van der Waals surface area contributed by atoms with E-state index in [1.807, 2.05) is 30.3 Å². The summed E-state index contributed by atoms with van der Waals surface area (Å²) in [5, 5.41) is 18.4. The highest BCUT2D eigenvalue weighted by Gasteiger charge is 2.36. The zero-order valence-electron chi connectivity index (χ0n) is 8.55. The Kier molecular flexibility index (Phi) is 3.44. The van der Waals surface area contributed by atoms with Crippen LogP contribution in [0.2, 0.25) is 0 Å². The molecule has 0 heterocycles. The summed E-state index contributed by atoms with van der Waals surface area (Å²) in [5.41, 5.74) is 4.67. The number of benzene rings is 1. The van der Waals surface area contributed by atoms with E-state index in [9.17, 15) is 9.90 Å². The molecule has 4 nitrogen and oxygen atoms in total. The molecule has 0 saturated heterocycles. The Morgan fingerprint density at radius 2 is 2.00 bits per heavy atom. The van der Waals surface area contributed by atoms with Gasteiger partial charge in [0.1, 0.15) is 0 Å². The molecule has 2 unspecified atom stereocenters. The normalized spacial score (nSPS) is 16.7. The third kappa shape index (κ3) is 2.78. The molecule has 0 spiro atoms. The molecule has 82 valence electrons. The molecule has 1 aromatic rings. The molecule has 0 bridgehead atoms. The number of aliphatic carboxylic acids is 1. The highest BCUT2D eigenvalue weighted by atomic mass is 16.4. The van der Waals surface area contributed by atoms with Crippen LogP contribution in [0, 0.1) is 0 Å². The maximum absolute atomic E-state index is 10.7. The smallest absolute Gasteiger partial charge is 0.337 e. The summed E-state index contributed by atoms with van der Waals surface area (Å²) in [6.45, 7) is 1.21. The summed E-state index contributed by atoms with van der Waals surface area (Å²) in [7, 11) is 0. The Hall–Kier alpha value is -1.39. The van der Waals surface area contributed by atoms with Gasteiger partial charge >= 0.3 is 5.97 Å². The van der Waals surface area contributed by atoms with Crippen LogP contribution in [-0.4, -0.2) is 27.8 Å². The lowest BCUT2D eigenvalue weighted by atomic mass is 9.92. The molecular weight excluding hydrogens is 194 g/mol. The minimum absolute atomic E-state index is 0.333. The van der Waals surface area contributed by atoms with Crippen LogP contribution in [0.15, 0.2) is 30.3 Å². The van der Waals surface area contributed by atoms with Crippen molar-refractivity contribution < 1.29 is 15.0 Å². The zero-order valence-corrected chi connectivity index (χ0v) is 8.55. The van der Waals surface area contributed by atoms with Gasteiger partial charge in [-0.25, -0.2) is 4.79 Å². The summed E-state index contributed by atoms with van der Waals surface area (Å²) in [4.78, 5) is 10.7. The van der Waals surface area contributed by atoms with Crippen molar-refractivity contribution in [3.63, 3.8) is 0 Å². The second-order valence-corrected chi connectivity index (χ2v) is 3.75. The van der Waals surface area contributed by atoms with E-state index >= 15 is 0 Å².